The minimum atomic E-state index is -0.846. The van der Waals surface area contributed by atoms with Crippen LogP contribution in [0, 0.1) is 0 Å². The minimum Gasteiger partial charge on any atom is -0.480 e. The Kier molecular flexibility index (Phi) is 6.43. The third-order valence-corrected chi connectivity index (χ3v) is 4.06. The molecule has 0 saturated heterocycles. The average molecular weight is 286 g/mol. The number of carbonyl (C=O) groups is 1. The van der Waals surface area contributed by atoms with E-state index in [0.29, 0.717) is 25.1 Å². The SMILES string of the molecule is COCCN(C(C)C)C(C)CC(C)(NC1CC1)C(=O)O. The zero-order chi connectivity index (χ0) is 15.3. The summed E-state index contributed by atoms with van der Waals surface area (Å²) in [5.41, 5.74) is -0.846. The van der Waals surface area contributed by atoms with Gasteiger partial charge in [-0.2, -0.15) is 0 Å². The summed E-state index contributed by atoms with van der Waals surface area (Å²) >= 11 is 0. The molecule has 2 N–H and O–H groups in total. The quantitative estimate of drug-likeness (QED) is 0.640. The Morgan fingerprint density at radius 1 is 1.45 bits per heavy atom. The summed E-state index contributed by atoms with van der Waals surface area (Å²) in [4.78, 5) is 13.9. The molecule has 0 spiro atoms. The molecule has 1 aliphatic carbocycles. The number of hydrogen-bond donors (Lipinski definition) is 2. The van der Waals surface area contributed by atoms with Crippen molar-refractivity contribution < 1.29 is 14.6 Å². The fourth-order valence-corrected chi connectivity index (χ4v) is 2.78. The van der Waals surface area contributed by atoms with Gasteiger partial charge in [0.05, 0.1) is 6.61 Å². The Balaban J connectivity index is 2.66. The molecule has 0 bridgehead atoms. The van der Waals surface area contributed by atoms with E-state index >= 15 is 0 Å². The normalized spacial score (nSPS) is 20.1. The zero-order valence-corrected chi connectivity index (χ0v) is 13.5. The van der Waals surface area contributed by atoms with Crippen molar-refractivity contribution in [2.45, 2.75) is 70.6 Å². The first-order valence-electron chi connectivity index (χ1n) is 7.56. The largest absolute Gasteiger partial charge is 0.480 e. The number of methoxy groups -OCH3 is 1. The van der Waals surface area contributed by atoms with Crippen molar-refractivity contribution in [1.82, 2.24) is 10.2 Å². The summed E-state index contributed by atoms with van der Waals surface area (Å²) in [7, 11) is 1.69. The summed E-state index contributed by atoms with van der Waals surface area (Å²) in [5, 5.41) is 12.8. The highest BCUT2D eigenvalue weighted by molar-refractivity contribution is 5.78. The maximum atomic E-state index is 11.6. The van der Waals surface area contributed by atoms with E-state index in [-0.39, 0.29) is 6.04 Å². The lowest BCUT2D eigenvalue weighted by Gasteiger charge is -2.37. The molecule has 2 unspecified atom stereocenters. The third kappa shape index (κ3) is 5.04. The number of hydrogen-bond acceptors (Lipinski definition) is 4. The Bertz CT molecular complexity index is 318. The molecule has 1 rings (SSSR count). The second-order valence-electron chi connectivity index (χ2n) is 6.43. The Labute approximate surface area is 122 Å². The molecule has 118 valence electrons. The smallest absolute Gasteiger partial charge is 0.323 e. The molecule has 0 aromatic heterocycles. The summed E-state index contributed by atoms with van der Waals surface area (Å²) in [6.07, 6.45) is 2.78. The lowest BCUT2D eigenvalue weighted by molar-refractivity contribution is -0.145. The van der Waals surface area contributed by atoms with Crippen LogP contribution in [0.2, 0.25) is 0 Å². The first kappa shape index (κ1) is 17.4. The van der Waals surface area contributed by atoms with Crippen LogP contribution in [0.3, 0.4) is 0 Å². The summed E-state index contributed by atoms with van der Waals surface area (Å²) in [6.45, 7) is 9.68. The van der Waals surface area contributed by atoms with Crippen LogP contribution in [0.4, 0.5) is 0 Å². The van der Waals surface area contributed by atoms with Gasteiger partial charge >= 0.3 is 5.97 Å². The van der Waals surface area contributed by atoms with Crippen LogP contribution in [0.1, 0.15) is 47.0 Å². The Morgan fingerprint density at radius 2 is 2.05 bits per heavy atom. The molecule has 5 heteroatoms. The van der Waals surface area contributed by atoms with Gasteiger partial charge in [0.2, 0.25) is 0 Å². The highest BCUT2D eigenvalue weighted by atomic mass is 16.5. The van der Waals surface area contributed by atoms with Crippen LogP contribution < -0.4 is 5.32 Å². The molecule has 0 aliphatic heterocycles. The number of ether oxygens (including phenoxy) is 1. The van der Waals surface area contributed by atoms with Gasteiger partial charge in [-0.3, -0.25) is 15.0 Å². The summed E-state index contributed by atoms with van der Waals surface area (Å²) in [6, 6.07) is 0.950. The molecule has 2 atom stereocenters. The topological polar surface area (TPSA) is 61.8 Å². The number of aliphatic carboxylic acids is 1. The first-order chi connectivity index (χ1) is 9.30. The Morgan fingerprint density at radius 3 is 2.45 bits per heavy atom. The van der Waals surface area contributed by atoms with E-state index in [2.05, 4.69) is 31.0 Å². The molecule has 20 heavy (non-hydrogen) atoms. The summed E-state index contributed by atoms with van der Waals surface area (Å²) in [5.74, 6) is -0.758. The number of rotatable bonds is 10. The molecule has 1 fully saturated rings. The van der Waals surface area contributed by atoms with E-state index in [0.717, 1.165) is 19.4 Å². The van der Waals surface area contributed by atoms with Crippen molar-refractivity contribution in [1.29, 1.82) is 0 Å². The van der Waals surface area contributed by atoms with E-state index in [1.54, 1.807) is 14.0 Å². The summed E-state index contributed by atoms with van der Waals surface area (Å²) < 4.78 is 5.15. The molecule has 0 heterocycles. The van der Waals surface area contributed by atoms with E-state index in [1.807, 2.05) is 0 Å². The number of nitrogens with zero attached hydrogens (tertiary/aromatic N) is 1. The molecular formula is C15H30N2O3. The van der Waals surface area contributed by atoms with Gasteiger partial charge in [0.25, 0.3) is 0 Å². The van der Waals surface area contributed by atoms with Crippen LogP contribution in [0.5, 0.6) is 0 Å². The van der Waals surface area contributed by atoms with Crippen molar-refractivity contribution in [2.24, 2.45) is 0 Å². The maximum Gasteiger partial charge on any atom is 0.323 e. The lowest BCUT2D eigenvalue weighted by atomic mass is 9.92. The van der Waals surface area contributed by atoms with Gasteiger partial charge in [-0.05, 0) is 47.0 Å². The molecular weight excluding hydrogens is 256 g/mol. The fourth-order valence-electron chi connectivity index (χ4n) is 2.78. The van der Waals surface area contributed by atoms with Crippen LogP contribution in [-0.2, 0) is 9.53 Å². The van der Waals surface area contributed by atoms with Gasteiger partial charge in [-0.25, -0.2) is 0 Å². The molecule has 5 nitrogen and oxygen atoms in total. The van der Waals surface area contributed by atoms with Crippen LogP contribution in [0.15, 0.2) is 0 Å². The highest BCUT2D eigenvalue weighted by Crippen LogP contribution is 2.26. The molecule has 0 aromatic rings. The predicted octanol–water partition coefficient (Wildman–Crippen LogP) is 1.72. The van der Waals surface area contributed by atoms with Crippen molar-refractivity contribution >= 4 is 5.97 Å². The molecule has 1 aliphatic rings. The monoisotopic (exact) mass is 286 g/mol. The van der Waals surface area contributed by atoms with E-state index < -0.39 is 11.5 Å². The Hall–Kier alpha value is -0.650. The van der Waals surface area contributed by atoms with E-state index in [9.17, 15) is 9.90 Å². The van der Waals surface area contributed by atoms with Gasteiger partial charge in [-0.15, -0.1) is 0 Å². The predicted molar refractivity (Wildman–Crippen MR) is 80.0 cm³/mol. The van der Waals surface area contributed by atoms with Gasteiger partial charge in [-0.1, -0.05) is 0 Å². The van der Waals surface area contributed by atoms with E-state index in [1.165, 1.54) is 0 Å². The standard InChI is InChI=1S/C15H30N2O3/c1-11(2)17(8-9-20-5)12(3)10-15(4,14(18)19)16-13-6-7-13/h11-13,16H,6-10H2,1-5H3,(H,18,19). The second kappa shape index (κ2) is 7.38. The van der Waals surface area contributed by atoms with E-state index in [4.69, 9.17) is 4.74 Å². The van der Waals surface area contributed by atoms with Crippen molar-refractivity contribution in [3.05, 3.63) is 0 Å². The van der Waals surface area contributed by atoms with Gasteiger partial charge in [0.15, 0.2) is 0 Å². The van der Waals surface area contributed by atoms with Gasteiger partial charge in [0, 0.05) is 31.8 Å². The first-order valence-corrected chi connectivity index (χ1v) is 7.56. The number of carboxylic acids is 1. The van der Waals surface area contributed by atoms with Crippen LogP contribution >= 0.6 is 0 Å². The van der Waals surface area contributed by atoms with Crippen LogP contribution in [-0.4, -0.2) is 59.9 Å². The average Bonchev–Trinajstić information content (AvgIpc) is 3.12. The van der Waals surface area contributed by atoms with Gasteiger partial charge in [0.1, 0.15) is 5.54 Å². The van der Waals surface area contributed by atoms with Crippen LogP contribution in [0.25, 0.3) is 0 Å². The van der Waals surface area contributed by atoms with Gasteiger partial charge < -0.3 is 9.84 Å². The minimum absolute atomic E-state index is 0.192. The highest BCUT2D eigenvalue weighted by Gasteiger charge is 2.40. The molecule has 0 radical (unpaired) electrons. The maximum absolute atomic E-state index is 11.6. The second-order valence-corrected chi connectivity index (χ2v) is 6.43. The number of nitrogens with one attached hydrogen (secondary N) is 1. The molecule has 0 amide bonds. The number of carboxylic acid groups (broad SMARTS) is 1. The molecule has 0 aromatic carbocycles. The van der Waals surface area contributed by atoms with Crippen molar-refractivity contribution in [3.63, 3.8) is 0 Å². The zero-order valence-electron chi connectivity index (χ0n) is 13.5. The third-order valence-electron chi connectivity index (χ3n) is 4.06. The lowest BCUT2D eigenvalue weighted by Crippen LogP contribution is -2.55. The molecule has 1 saturated carbocycles. The fraction of sp³-hybridized carbons (Fsp3) is 0.933. The van der Waals surface area contributed by atoms with Crippen molar-refractivity contribution in [3.8, 4) is 0 Å². The van der Waals surface area contributed by atoms with Crippen molar-refractivity contribution in [2.75, 3.05) is 20.3 Å².